The van der Waals surface area contributed by atoms with E-state index in [1.807, 2.05) is 32.0 Å². The highest BCUT2D eigenvalue weighted by Crippen LogP contribution is 2.36. The SMILES string of the molecule is CC(=O)N(c1nnc(SCC(=O)c2cc(C)n(-c3ccccc3C)c2C)s1)C1CC1. The largest absolute Gasteiger partial charge is 0.318 e. The van der Waals surface area contributed by atoms with E-state index < -0.39 is 0 Å². The van der Waals surface area contributed by atoms with Crippen molar-refractivity contribution in [1.29, 1.82) is 0 Å². The first-order chi connectivity index (χ1) is 14.4. The Bertz CT molecular complexity index is 1110. The molecule has 1 fully saturated rings. The van der Waals surface area contributed by atoms with Crippen LogP contribution in [-0.2, 0) is 4.79 Å². The van der Waals surface area contributed by atoms with Crippen LogP contribution in [-0.4, -0.2) is 38.2 Å². The van der Waals surface area contributed by atoms with Crippen LogP contribution in [0.15, 0.2) is 34.7 Å². The molecule has 1 saturated carbocycles. The minimum Gasteiger partial charge on any atom is -0.318 e. The van der Waals surface area contributed by atoms with Gasteiger partial charge in [-0.2, -0.15) is 0 Å². The van der Waals surface area contributed by atoms with Crippen LogP contribution in [0.3, 0.4) is 0 Å². The number of hydrogen-bond donors (Lipinski definition) is 0. The molecule has 3 aromatic rings. The average Bonchev–Trinajstić information content (AvgIpc) is 3.34. The number of anilines is 1. The van der Waals surface area contributed by atoms with E-state index in [4.69, 9.17) is 0 Å². The summed E-state index contributed by atoms with van der Waals surface area (Å²) in [4.78, 5) is 26.6. The summed E-state index contributed by atoms with van der Waals surface area (Å²) < 4.78 is 2.84. The number of Topliss-reactive ketones (excluding diaryl/α,β-unsaturated/α-hetero) is 1. The number of carbonyl (C=O) groups is 2. The highest BCUT2D eigenvalue weighted by atomic mass is 32.2. The highest BCUT2D eigenvalue weighted by Gasteiger charge is 2.34. The number of aromatic nitrogens is 3. The maximum atomic E-state index is 12.9. The maximum absolute atomic E-state index is 12.9. The molecule has 156 valence electrons. The first-order valence-electron chi connectivity index (χ1n) is 9.91. The summed E-state index contributed by atoms with van der Waals surface area (Å²) in [5.74, 6) is 0.344. The molecule has 0 unspecified atom stereocenters. The van der Waals surface area contributed by atoms with Gasteiger partial charge in [0, 0.05) is 35.6 Å². The predicted molar refractivity (Wildman–Crippen MR) is 121 cm³/mol. The molecule has 1 amide bonds. The van der Waals surface area contributed by atoms with Crippen molar-refractivity contribution < 1.29 is 9.59 Å². The minimum atomic E-state index is -0.00933. The van der Waals surface area contributed by atoms with E-state index in [2.05, 4.69) is 33.8 Å². The summed E-state index contributed by atoms with van der Waals surface area (Å²) in [7, 11) is 0. The molecule has 0 atom stereocenters. The Balaban J connectivity index is 1.49. The number of hydrogen-bond acceptors (Lipinski definition) is 6. The predicted octanol–water partition coefficient (Wildman–Crippen LogP) is 4.74. The van der Waals surface area contributed by atoms with Gasteiger partial charge in [0.1, 0.15) is 0 Å². The van der Waals surface area contributed by atoms with E-state index in [1.54, 1.807) is 11.8 Å². The zero-order valence-electron chi connectivity index (χ0n) is 17.5. The zero-order chi connectivity index (χ0) is 21.4. The smallest absolute Gasteiger partial charge is 0.225 e. The Kier molecular flexibility index (Phi) is 5.79. The lowest BCUT2D eigenvalue weighted by atomic mass is 10.1. The molecule has 1 aliphatic rings. The van der Waals surface area contributed by atoms with Crippen molar-refractivity contribution in [2.75, 3.05) is 10.7 Å². The molecule has 30 heavy (non-hydrogen) atoms. The summed E-state index contributed by atoms with van der Waals surface area (Å²) in [6.07, 6.45) is 2.02. The van der Waals surface area contributed by atoms with Crippen molar-refractivity contribution >= 4 is 39.9 Å². The monoisotopic (exact) mass is 440 g/mol. The summed E-state index contributed by atoms with van der Waals surface area (Å²) in [6, 6.07) is 10.4. The fourth-order valence-corrected chi connectivity index (χ4v) is 5.51. The van der Waals surface area contributed by atoms with E-state index in [0.717, 1.165) is 35.5 Å². The van der Waals surface area contributed by atoms with E-state index in [1.165, 1.54) is 28.7 Å². The van der Waals surface area contributed by atoms with Gasteiger partial charge >= 0.3 is 0 Å². The topological polar surface area (TPSA) is 68.1 Å². The molecule has 2 aromatic heterocycles. The average molecular weight is 441 g/mol. The van der Waals surface area contributed by atoms with Gasteiger partial charge in [-0.1, -0.05) is 41.3 Å². The van der Waals surface area contributed by atoms with Crippen molar-refractivity contribution in [2.45, 2.75) is 50.9 Å². The van der Waals surface area contributed by atoms with E-state index in [9.17, 15) is 9.59 Å². The second kappa shape index (κ2) is 8.35. The van der Waals surface area contributed by atoms with Gasteiger partial charge in [-0.15, -0.1) is 10.2 Å². The number of para-hydroxylation sites is 1. The van der Waals surface area contributed by atoms with Gasteiger partial charge in [-0.25, -0.2) is 0 Å². The Morgan fingerprint density at radius 2 is 1.93 bits per heavy atom. The fourth-order valence-electron chi connectivity index (χ4n) is 3.67. The molecule has 1 aliphatic carbocycles. The van der Waals surface area contributed by atoms with Crippen molar-refractivity contribution in [1.82, 2.24) is 14.8 Å². The third-order valence-electron chi connectivity index (χ3n) is 5.27. The summed E-state index contributed by atoms with van der Waals surface area (Å²) in [5.41, 5.74) is 4.98. The van der Waals surface area contributed by atoms with E-state index in [0.29, 0.717) is 9.47 Å². The molecule has 1 aromatic carbocycles. The van der Waals surface area contributed by atoms with Crippen LogP contribution in [0.4, 0.5) is 5.13 Å². The van der Waals surface area contributed by atoms with Gasteiger partial charge in [0.25, 0.3) is 0 Å². The number of carbonyl (C=O) groups excluding carboxylic acids is 2. The molecule has 0 radical (unpaired) electrons. The van der Waals surface area contributed by atoms with Gasteiger partial charge < -0.3 is 4.57 Å². The van der Waals surface area contributed by atoms with Crippen LogP contribution in [0.5, 0.6) is 0 Å². The Morgan fingerprint density at radius 1 is 1.20 bits per heavy atom. The lowest BCUT2D eigenvalue weighted by Gasteiger charge is -2.15. The van der Waals surface area contributed by atoms with E-state index >= 15 is 0 Å². The molecular weight excluding hydrogens is 416 g/mol. The standard InChI is InChI=1S/C22H24N4O2S2/c1-13-7-5-6-8-19(13)25-14(2)11-18(15(25)3)20(28)12-29-22-24-23-21(30-22)26(16(4)27)17-9-10-17/h5-8,11,17H,9-10,12H2,1-4H3. The van der Waals surface area contributed by atoms with Crippen molar-refractivity contribution in [2.24, 2.45) is 0 Å². The lowest BCUT2D eigenvalue weighted by molar-refractivity contribution is -0.116. The van der Waals surface area contributed by atoms with Crippen LogP contribution >= 0.6 is 23.1 Å². The van der Waals surface area contributed by atoms with Gasteiger partial charge in [0.2, 0.25) is 11.0 Å². The number of amides is 1. The molecule has 0 bridgehead atoms. The molecule has 2 heterocycles. The first kappa shape index (κ1) is 20.8. The molecule has 0 spiro atoms. The maximum Gasteiger partial charge on any atom is 0.225 e. The molecule has 8 heteroatoms. The van der Waals surface area contributed by atoms with Gasteiger partial charge in [-0.3, -0.25) is 14.5 Å². The molecule has 0 aliphatic heterocycles. The Hall–Kier alpha value is -2.45. The van der Waals surface area contributed by atoms with Crippen molar-refractivity contribution in [3.63, 3.8) is 0 Å². The number of aryl methyl sites for hydroxylation is 2. The fraction of sp³-hybridized carbons (Fsp3) is 0.364. The highest BCUT2D eigenvalue weighted by molar-refractivity contribution is 8.01. The van der Waals surface area contributed by atoms with E-state index in [-0.39, 0.29) is 23.5 Å². The van der Waals surface area contributed by atoms with Crippen molar-refractivity contribution in [3.8, 4) is 5.69 Å². The number of thioether (sulfide) groups is 1. The molecule has 4 rings (SSSR count). The minimum absolute atomic E-state index is 0.00933. The van der Waals surface area contributed by atoms with Crippen LogP contribution in [0, 0.1) is 20.8 Å². The summed E-state index contributed by atoms with van der Waals surface area (Å²) in [5, 5.41) is 8.97. The molecule has 0 saturated heterocycles. The molecular formula is C22H24N4O2S2. The van der Waals surface area contributed by atoms with Crippen LogP contribution < -0.4 is 4.90 Å². The molecule has 6 nitrogen and oxygen atoms in total. The molecule has 0 N–H and O–H groups in total. The zero-order valence-corrected chi connectivity index (χ0v) is 19.1. The second-order valence-corrected chi connectivity index (χ2v) is 9.77. The lowest BCUT2D eigenvalue weighted by Crippen LogP contribution is -2.30. The second-order valence-electron chi connectivity index (χ2n) is 7.59. The van der Waals surface area contributed by atoms with Gasteiger partial charge in [0.05, 0.1) is 5.75 Å². The Labute approximate surface area is 184 Å². The summed E-state index contributed by atoms with van der Waals surface area (Å²) >= 11 is 2.75. The van der Waals surface area contributed by atoms with Gasteiger partial charge in [-0.05, 0) is 51.3 Å². The number of nitrogens with zero attached hydrogens (tertiary/aromatic N) is 4. The van der Waals surface area contributed by atoms with Gasteiger partial charge in [0.15, 0.2) is 10.1 Å². The summed E-state index contributed by atoms with van der Waals surface area (Å²) in [6.45, 7) is 7.64. The third-order valence-corrected chi connectivity index (χ3v) is 7.32. The number of ketones is 1. The van der Waals surface area contributed by atoms with Crippen LogP contribution in [0.1, 0.15) is 47.1 Å². The first-order valence-corrected chi connectivity index (χ1v) is 11.7. The van der Waals surface area contributed by atoms with Crippen LogP contribution in [0.25, 0.3) is 5.69 Å². The number of rotatable bonds is 7. The van der Waals surface area contributed by atoms with Crippen molar-refractivity contribution in [3.05, 3.63) is 52.8 Å². The number of benzene rings is 1. The quantitative estimate of drug-likeness (QED) is 0.301. The normalized spacial score (nSPS) is 13.5. The third kappa shape index (κ3) is 4.06. The Morgan fingerprint density at radius 3 is 2.60 bits per heavy atom. The van der Waals surface area contributed by atoms with Crippen LogP contribution in [0.2, 0.25) is 0 Å².